The van der Waals surface area contributed by atoms with Gasteiger partial charge in [-0.3, -0.25) is 4.79 Å². The Hall–Kier alpha value is -1.55. The molecule has 0 aliphatic heterocycles. The van der Waals surface area contributed by atoms with Crippen molar-refractivity contribution in [1.82, 2.24) is 5.32 Å². The van der Waals surface area contributed by atoms with E-state index >= 15 is 0 Å². The van der Waals surface area contributed by atoms with Crippen molar-refractivity contribution in [2.75, 3.05) is 20.3 Å². The maximum atomic E-state index is 11.3. The van der Waals surface area contributed by atoms with Crippen LogP contribution in [0, 0.1) is 6.92 Å². The lowest BCUT2D eigenvalue weighted by atomic mass is 10.0. The first-order valence-corrected chi connectivity index (χ1v) is 6.62. The molecule has 0 amide bonds. The van der Waals surface area contributed by atoms with E-state index in [1.54, 1.807) is 7.11 Å². The van der Waals surface area contributed by atoms with Gasteiger partial charge in [-0.05, 0) is 26.8 Å². The summed E-state index contributed by atoms with van der Waals surface area (Å²) in [6.45, 7) is 6.94. The fraction of sp³-hybridized carbons (Fsp3) is 0.533. The third-order valence-corrected chi connectivity index (χ3v) is 2.94. The number of carbonyl (C=O) groups is 1. The fourth-order valence-corrected chi connectivity index (χ4v) is 1.93. The molecule has 0 bridgehead atoms. The number of benzene rings is 1. The molecule has 1 aromatic rings. The van der Waals surface area contributed by atoms with Gasteiger partial charge in [0.2, 0.25) is 0 Å². The Morgan fingerprint density at radius 2 is 2.16 bits per heavy atom. The average Bonchev–Trinajstić information content (AvgIpc) is 2.38. The summed E-state index contributed by atoms with van der Waals surface area (Å²) in [7, 11) is 1.67. The van der Waals surface area contributed by atoms with Gasteiger partial charge in [0, 0.05) is 18.2 Å². The number of ether oxygens (including phenoxy) is 2. The van der Waals surface area contributed by atoms with Crippen molar-refractivity contribution in [3.63, 3.8) is 0 Å². The number of esters is 1. The molecule has 0 heterocycles. The predicted octanol–water partition coefficient (Wildman–Crippen LogP) is 2.61. The molecule has 19 heavy (non-hydrogen) atoms. The Kier molecular flexibility index (Phi) is 6.36. The minimum absolute atomic E-state index is 0.129. The van der Waals surface area contributed by atoms with Crippen molar-refractivity contribution in [3.8, 4) is 5.75 Å². The van der Waals surface area contributed by atoms with Crippen LogP contribution in [0.3, 0.4) is 0 Å². The van der Waals surface area contributed by atoms with Crippen LogP contribution in [0.1, 0.15) is 37.4 Å². The molecule has 0 saturated carbocycles. The zero-order valence-corrected chi connectivity index (χ0v) is 12.2. The van der Waals surface area contributed by atoms with Gasteiger partial charge in [-0.25, -0.2) is 0 Å². The average molecular weight is 265 g/mol. The lowest BCUT2D eigenvalue weighted by molar-refractivity contribution is -0.143. The molecule has 0 spiro atoms. The second-order valence-corrected chi connectivity index (χ2v) is 4.48. The van der Waals surface area contributed by atoms with Gasteiger partial charge in [-0.2, -0.15) is 0 Å². The van der Waals surface area contributed by atoms with E-state index in [0.29, 0.717) is 19.6 Å². The molecule has 0 aliphatic carbocycles. The molecule has 106 valence electrons. The van der Waals surface area contributed by atoms with Crippen molar-refractivity contribution in [2.24, 2.45) is 0 Å². The summed E-state index contributed by atoms with van der Waals surface area (Å²) in [5.74, 6) is 0.695. The van der Waals surface area contributed by atoms with Crippen molar-refractivity contribution < 1.29 is 14.3 Å². The van der Waals surface area contributed by atoms with Crippen LogP contribution in [-0.2, 0) is 9.53 Å². The first kappa shape index (κ1) is 15.5. The monoisotopic (exact) mass is 265 g/mol. The highest BCUT2D eigenvalue weighted by atomic mass is 16.5. The van der Waals surface area contributed by atoms with Gasteiger partial charge in [-0.1, -0.05) is 17.7 Å². The molecule has 0 fully saturated rings. The highest BCUT2D eigenvalue weighted by Crippen LogP contribution is 2.25. The Balaban J connectivity index is 2.55. The lowest BCUT2D eigenvalue weighted by Gasteiger charge is -2.17. The molecule has 4 heteroatoms. The SMILES string of the molecule is CCOC(=O)CCNC(C)c1cc(C)ccc1OC. The van der Waals surface area contributed by atoms with Crippen LogP contribution < -0.4 is 10.1 Å². The van der Waals surface area contributed by atoms with Gasteiger partial charge >= 0.3 is 5.97 Å². The van der Waals surface area contributed by atoms with Gasteiger partial charge in [0.25, 0.3) is 0 Å². The number of hydrogen-bond donors (Lipinski definition) is 1. The van der Waals surface area contributed by atoms with Crippen molar-refractivity contribution in [3.05, 3.63) is 29.3 Å². The smallest absolute Gasteiger partial charge is 0.307 e. The molecule has 0 saturated heterocycles. The van der Waals surface area contributed by atoms with Crippen molar-refractivity contribution in [2.45, 2.75) is 33.2 Å². The standard InChI is InChI=1S/C15H23NO3/c1-5-19-15(17)8-9-16-12(3)13-10-11(2)6-7-14(13)18-4/h6-7,10,12,16H,5,8-9H2,1-4H3. The van der Waals surface area contributed by atoms with Crippen LogP contribution in [0.25, 0.3) is 0 Å². The number of nitrogens with one attached hydrogen (secondary N) is 1. The molecule has 1 rings (SSSR count). The van der Waals surface area contributed by atoms with Crippen LogP contribution in [0.4, 0.5) is 0 Å². The molecule has 0 aliphatic rings. The maximum absolute atomic E-state index is 11.3. The van der Waals surface area contributed by atoms with Crippen molar-refractivity contribution >= 4 is 5.97 Å². The van der Waals surface area contributed by atoms with Crippen LogP contribution in [0.5, 0.6) is 5.75 Å². The van der Waals surface area contributed by atoms with E-state index in [4.69, 9.17) is 9.47 Å². The van der Waals surface area contributed by atoms with Crippen LogP contribution in [0.15, 0.2) is 18.2 Å². The first-order chi connectivity index (χ1) is 9.08. The van der Waals surface area contributed by atoms with E-state index in [1.165, 1.54) is 5.56 Å². The van der Waals surface area contributed by atoms with Gasteiger partial charge in [-0.15, -0.1) is 0 Å². The summed E-state index contributed by atoms with van der Waals surface area (Å²) < 4.78 is 10.2. The first-order valence-electron chi connectivity index (χ1n) is 6.62. The molecule has 0 aromatic heterocycles. The van der Waals surface area contributed by atoms with E-state index in [9.17, 15) is 4.79 Å². The van der Waals surface area contributed by atoms with Gasteiger partial charge < -0.3 is 14.8 Å². The molecule has 1 atom stereocenters. The quantitative estimate of drug-likeness (QED) is 0.770. The maximum Gasteiger partial charge on any atom is 0.307 e. The number of rotatable bonds is 7. The molecule has 1 N–H and O–H groups in total. The topological polar surface area (TPSA) is 47.6 Å². The fourth-order valence-electron chi connectivity index (χ4n) is 1.93. The number of hydrogen-bond acceptors (Lipinski definition) is 4. The van der Waals surface area contributed by atoms with Crippen LogP contribution in [0.2, 0.25) is 0 Å². The van der Waals surface area contributed by atoms with E-state index in [1.807, 2.05) is 26.0 Å². The zero-order chi connectivity index (χ0) is 14.3. The molecular formula is C15H23NO3. The minimum atomic E-state index is -0.168. The van der Waals surface area contributed by atoms with Gasteiger partial charge in [0.15, 0.2) is 0 Å². The zero-order valence-electron chi connectivity index (χ0n) is 12.2. The summed E-state index contributed by atoms with van der Waals surface area (Å²) >= 11 is 0. The van der Waals surface area contributed by atoms with Crippen molar-refractivity contribution in [1.29, 1.82) is 0 Å². The number of methoxy groups -OCH3 is 1. The molecule has 1 unspecified atom stereocenters. The third kappa shape index (κ3) is 4.91. The Morgan fingerprint density at radius 1 is 1.42 bits per heavy atom. The van der Waals surface area contributed by atoms with E-state index in [2.05, 4.69) is 18.3 Å². The molecular weight excluding hydrogens is 242 g/mol. The van der Waals surface area contributed by atoms with Crippen LogP contribution in [-0.4, -0.2) is 26.2 Å². The Labute approximate surface area is 115 Å². The van der Waals surface area contributed by atoms with E-state index in [0.717, 1.165) is 11.3 Å². The normalized spacial score (nSPS) is 12.0. The van der Waals surface area contributed by atoms with Gasteiger partial charge in [0.1, 0.15) is 5.75 Å². The van der Waals surface area contributed by atoms with E-state index < -0.39 is 0 Å². The Bertz CT molecular complexity index is 418. The number of carbonyl (C=O) groups excluding carboxylic acids is 1. The van der Waals surface area contributed by atoms with Gasteiger partial charge in [0.05, 0.1) is 20.1 Å². The molecule has 1 aromatic carbocycles. The summed E-state index contributed by atoms with van der Waals surface area (Å²) in [5.41, 5.74) is 2.29. The minimum Gasteiger partial charge on any atom is -0.496 e. The number of aryl methyl sites for hydroxylation is 1. The second kappa shape index (κ2) is 7.79. The summed E-state index contributed by atoms with van der Waals surface area (Å²) in [6, 6.07) is 6.21. The Morgan fingerprint density at radius 3 is 2.79 bits per heavy atom. The molecule has 0 radical (unpaired) electrons. The largest absolute Gasteiger partial charge is 0.496 e. The third-order valence-electron chi connectivity index (χ3n) is 2.94. The highest BCUT2D eigenvalue weighted by Gasteiger charge is 2.11. The summed E-state index contributed by atoms with van der Waals surface area (Å²) in [5, 5.41) is 3.31. The lowest BCUT2D eigenvalue weighted by Crippen LogP contribution is -2.23. The molecule has 4 nitrogen and oxygen atoms in total. The van der Waals surface area contributed by atoms with E-state index in [-0.39, 0.29) is 12.0 Å². The highest BCUT2D eigenvalue weighted by molar-refractivity contribution is 5.69. The second-order valence-electron chi connectivity index (χ2n) is 4.48. The summed E-state index contributed by atoms with van der Waals surface area (Å²) in [4.78, 5) is 11.3. The predicted molar refractivity (Wildman–Crippen MR) is 75.4 cm³/mol. The van der Waals surface area contributed by atoms with Crippen LogP contribution >= 0.6 is 0 Å². The summed E-state index contributed by atoms with van der Waals surface area (Å²) in [6.07, 6.45) is 0.381.